The Hall–Kier alpha value is -4.53. The van der Waals surface area contributed by atoms with Gasteiger partial charge in [-0.25, -0.2) is 4.79 Å². The summed E-state index contributed by atoms with van der Waals surface area (Å²) in [5.41, 5.74) is 2.64. The zero-order chi connectivity index (χ0) is 25.8. The lowest BCUT2D eigenvalue weighted by atomic mass is 10.1. The summed E-state index contributed by atoms with van der Waals surface area (Å²) in [7, 11) is 0. The topological polar surface area (TPSA) is 97.4 Å². The first kappa shape index (κ1) is 24.2. The molecule has 9 heteroatoms. The Balaban J connectivity index is 1.36. The SMILES string of the molecule is CCOC(=O)c1ccc(N2CCN(C(=O)c3ccccc3)CC2)c(NC(=O)c2ccc3c(c2)OCO3)c1. The molecule has 1 fully saturated rings. The highest BCUT2D eigenvalue weighted by molar-refractivity contribution is 6.07. The van der Waals surface area contributed by atoms with Crippen molar-refractivity contribution in [3.63, 3.8) is 0 Å². The number of ether oxygens (including phenoxy) is 3. The van der Waals surface area contributed by atoms with E-state index in [4.69, 9.17) is 14.2 Å². The van der Waals surface area contributed by atoms with Crippen molar-refractivity contribution in [3.8, 4) is 11.5 Å². The molecule has 1 saturated heterocycles. The van der Waals surface area contributed by atoms with E-state index < -0.39 is 5.97 Å². The van der Waals surface area contributed by atoms with E-state index in [2.05, 4.69) is 10.2 Å². The molecule has 0 bridgehead atoms. The van der Waals surface area contributed by atoms with Crippen LogP contribution in [-0.4, -0.2) is 62.3 Å². The molecule has 2 aliphatic heterocycles. The fourth-order valence-corrected chi connectivity index (χ4v) is 4.40. The average molecular weight is 502 g/mol. The summed E-state index contributed by atoms with van der Waals surface area (Å²) in [4.78, 5) is 42.3. The minimum absolute atomic E-state index is 0.00533. The van der Waals surface area contributed by atoms with Gasteiger partial charge in [-0.3, -0.25) is 9.59 Å². The van der Waals surface area contributed by atoms with Crippen molar-refractivity contribution >= 4 is 29.2 Å². The number of anilines is 2. The average Bonchev–Trinajstić information content (AvgIpc) is 3.41. The van der Waals surface area contributed by atoms with Crippen LogP contribution < -0.4 is 19.7 Å². The van der Waals surface area contributed by atoms with Gasteiger partial charge in [-0.1, -0.05) is 18.2 Å². The van der Waals surface area contributed by atoms with Crippen molar-refractivity contribution in [3.05, 3.63) is 83.4 Å². The van der Waals surface area contributed by atoms with Gasteiger partial charge >= 0.3 is 5.97 Å². The maximum absolute atomic E-state index is 13.2. The maximum Gasteiger partial charge on any atom is 0.338 e. The molecular weight excluding hydrogens is 474 g/mol. The fraction of sp³-hybridized carbons (Fsp3) is 0.250. The van der Waals surface area contributed by atoms with E-state index >= 15 is 0 Å². The third-order valence-corrected chi connectivity index (χ3v) is 6.32. The van der Waals surface area contributed by atoms with Crippen molar-refractivity contribution in [2.75, 3.05) is 49.8 Å². The standard InChI is InChI=1S/C28H27N3O6/c1-2-35-28(34)21-8-10-23(30-12-14-31(15-13-30)27(33)19-6-4-3-5-7-19)22(16-21)29-26(32)20-9-11-24-25(17-20)37-18-36-24/h3-11,16-17H,2,12-15,18H2,1H3,(H,29,32). The maximum atomic E-state index is 13.2. The van der Waals surface area contributed by atoms with Gasteiger partial charge in [0.2, 0.25) is 6.79 Å². The number of hydrogen-bond donors (Lipinski definition) is 1. The Kier molecular flexibility index (Phi) is 6.93. The summed E-state index contributed by atoms with van der Waals surface area (Å²) in [5.74, 6) is 0.274. The predicted molar refractivity (Wildman–Crippen MR) is 137 cm³/mol. The number of benzene rings is 3. The quantitative estimate of drug-likeness (QED) is 0.513. The molecule has 3 aromatic carbocycles. The number of fused-ring (bicyclic) bond motifs is 1. The number of nitrogens with zero attached hydrogens (tertiary/aromatic N) is 2. The van der Waals surface area contributed by atoms with E-state index in [-0.39, 0.29) is 25.2 Å². The summed E-state index contributed by atoms with van der Waals surface area (Å²) in [5, 5.41) is 2.95. The van der Waals surface area contributed by atoms with Crippen LogP contribution >= 0.6 is 0 Å². The second kappa shape index (κ2) is 10.6. The first-order valence-electron chi connectivity index (χ1n) is 12.1. The Bertz CT molecular complexity index is 1320. The summed E-state index contributed by atoms with van der Waals surface area (Å²) < 4.78 is 15.9. The molecule has 37 heavy (non-hydrogen) atoms. The molecule has 2 amide bonds. The molecule has 2 aliphatic rings. The first-order valence-corrected chi connectivity index (χ1v) is 12.1. The number of carbonyl (C=O) groups is 3. The van der Waals surface area contributed by atoms with Crippen LogP contribution in [0.2, 0.25) is 0 Å². The number of piperazine rings is 1. The monoisotopic (exact) mass is 501 g/mol. The van der Waals surface area contributed by atoms with Crippen LogP contribution in [0.15, 0.2) is 66.7 Å². The van der Waals surface area contributed by atoms with E-state index in [1.54, 1.807) is 43.3 Å². The van der Waals surface area contributed by atoms with Gasteiger partial charge < -0.3 is 29.3 Å². The second-order valence-electron chi connectivity index (χ2n) is 8.62. The van der Waals surface area contributed by atoms with Crippen LogP contribution in [0.4, 0.5) is 11.4 Å². The van der Waals surface area contributed by atoms with Crippen molar-refractivity contribution in [2.45, 2.75) is 6.92 Å². The molecule has 0 radical (unpaired) electrons. The van der Waals surface area contributed by atoms with E-state index in [0.29, 0.717) is 60.1 Å². The molecule has 0 aromatic heterocycles. The number of hydrogen-bond acceptors (Lipinski definition) is 7. The van der Waals surface area contributed by atoms with Crippen molar-refractivity contribution in [1.82, 2.24) is 4.90 Å². The van der Waals surface area contributed by atoms with Gasteiger partial charge in [0.25, 0.3) is 11.8 Å². The number of carbonyl (C=O) groups excluding carboxylic acids is 3. The molecule has 3 aromatic rings. The molecule has 1 N–H and O–H groups in total. The fourth-order valence-electron chi connectivity index (χ4n) is 4.40. The summed E-state index contributed by atoms with van der Waals surface area (Å²) in [6.07, 6.45) is 0. The lowest BCUT2D eigenvalue weighted by molar-refractivity contribution is 0.0526. The lowest BCUT2D eigenvalue weighted by Gasteiger charge is -2.37. The number of amides is 2. The van der Waals surface area contributed by atoms with Crippen LogP contribution in [0.3, 0.4) is 0 Å². The molecule has 0 atom stereocenters. The van der Waals surface area contributed by atoms with Crippen molar-refractivity contribution < 1.29 is 28.6 Å². The van der Waals surface area contributed by atoms with Crippen molar-refractivity contribution in [2.24, 2.45) is 0 Å². The van der Waals surface area contributed by atoms with Crippen LogP contribution in [0.5, 0.6) is 11.5 Å². The van der Waals surface area contributed by atoms with E-state index in [0.717, 1.165) is 5.69 Å². The number of nitrogens with one attached hydrogen (secondary N) is 1. The normalized spacial score (nSPS) is 14.3. The zero-order valence-corrected chi connectivity index (χ0v) is 20.4. The highest BCUT2D eigenvalue weighted by atomic mass is 16.7. The molecular formula is C28H27N3O6. The summed E-state index contributed by atoms with van der Waals surface area (Å²) >= 11 is 0. The molecule has 0 unspecified atom stereocenters. The summed E-state index contributed by atoms with van der Waals surface area (Å²) in [6, 6.07) is 19.3. The van der Waals surface area contributed by atoms with Gasteiger partial charge in [0.05, 0.1) is 23.5 Å². The van der Waals surface area contributed by atoms with Gasteiger partial charge in [0.15, 0.2) is 11.5 Å². The Morgan fingerprint density at radius 3 is 2.32 bits per heavy atom. The molecule has 0 aliphatic carbocycles. The third-order valence-electron chi connectivity index (χ3n) is 6.32. The number of esters is 1. The summed E-state index contributed by atoms with van der Waals surface area (Å²) in [6.45, 7) is 4.31. The highest BCUT2D eigenvalue weighted by Crippen LogP contribution is 2.34. The number of rotatable bonds is 6. The van der Waals surface area contributed by atoms with Gasteiger partial charge in [-0.2, -0.15) is 0 Å². The lowest BCUT2D eigenvalue weighted by Crippen LogP contribution is -2.49. The Labute approximate surface area is 214 Å². The third kappa shape index (κ3) is 5.20. The largest absolute Gasteiger partial charge is 0.462 e. The van der Waals surface area contributed by atoms with Crippen LogP contribution in [0.25, 0.3) is 0 Å². The smallest absolute Gasteiger partial charge is 0.338 e. The molecule has 5 rings (SSSR count). The van der Waals surface area contributed by atoms with Gasteiger partial charge in [-0.15, -0.1) is 0 Å². The van der Waals surface area contributed by atoms with Gasteiger partial charge in [0.1, 0.15) is 0 Å². The minimum Gasteiger partial charge on any atom is -0.462 e. The van der Waals surface area contributed by atoms with E-state index in [9.17, 15) is 14.4 Å². The second-order valence-corrected chi connectivity index (χ2v) is 8.62. The van der Waals surface area contributed by atoms with Crippen LogP contribution in [-0.2, 0) is 4.74 Å². The minimum atomic E-state index is -0.467. The highest BCUT2D eigenvalue weighted by Gasteiger charge is 2.25. The zero-order valence-electron chi connectivity index (χ0n) is 20.4. The predicted octanol–water partition coefficient (Wildman–Crippen LogP) is 3.81. The molecule has 2 heterocycles. The van der Waals surface area contributed by atoms with Crippen LogP contribution in [0, 0.1) is 0 Å². The Morgan fingerprint density at radius 2 is 1.57 bits per heavy atom. The molecule has 0 spiro atoms. The van der Waals surface area contributed by atoms with Gasteiger partial charge in [0, 0.05) is 37.3 Å². The Morgan fingerprint density at radius 1 is 0.838 bits per heavy atom. The first-order chi connectivity index (χ1) is 18.0. The molecule has 9 nitrogen and oxygen atoms in total. The van der Waals surface area contributed by atoms with Gasteiger partial charge in [-0.05, 0) is 55.5 Å². The van der Waals surface area contributed by atoms with Crippen LogP contribution in [0.1, 0.15) is 38.0 Å². The van der Waals surface area contributed by atoms with E-state index in [1.807, 2.05) is 35.2 Å². The van der Waals surface area contributed by atoms with E-state index in [1.165, 1.54) is 0 Å². The molecule has 190 valence electrons. The molecule has 0 saturated carbocycles. The van der Waals surface area contributed by atoms with Crippen molar-refractivity contribution in [1.29, 1.82) is 0 Å².